The van der Waals surface area contributed by atoms with Crippen molar-refractivity contribution in [3.63, 3.8) is 0 Å². The van der Waals surface area contributed by atoms with Crippen LogP contribution in [0.3, 0.4) is 0 Å². The molecule has 1 heterocycles. The average molecular weight is 340 g/mol. The lowest BCUT2D eigenvalue weighted by molar-refractivity contribution is 0.435. The van der Waals surface area contributed by atoms with E-state index in [0.717, 1.165) is 30.4 Å². The number of aromatic nitrogens is 2. The highest BCUT2D eigenvalue weighted by Gasteiger charge is 2.25. The Labute approximate surface area is 137 Å². The van der Waals surface area contributed by atoms with E-state index in [4.69, 9.17) is 33.7 Å². The molecule has 1 atom stereocenters. The van der Waals surface area contributed by atoms with Crippen molar-refractivity contribution >= 4 is 28.9 Å². The van der Waals surface area contributed by atoms with E-state index in [1.807, 2.05) is 6.92 Å². The third-order valence-electron chi connectivity index (χ3n) is 3.86. The number of ether oxygens (including phenoxy) is 1. The molecule has 1 aromatic heterocycles. The van der Waals surface area contributed by atoms with Crippen molar-refractivity contribution in [2.24, 2.45) is 0 Å². The Morgan fingerprint density at radius 2 is 2.05 bits per heavy atom. The summed E-state index contributed by atoms with van der Waals surface area (Å²) in [6.07, 6.45) is 2.71. The van der Waals surface area contributed by atoms with Crippen LogP contribution in [-0.4, -0.2) is 10.2 Å². The predicted molar refractivity (Wildman–Crippen MR) is 87.2 cm³/mol. The number of hydrogen-bond acceptors (Lipinski definition) is 4. The van der Waals surface area contributed by atoms with Gasteiger partial charge >= 0.3 is 0 Å². The molecule has 0 bridgehead atoms. The molecule has 7 heteroatoms. The van der Waals surface area contributed by atoms with E-state index in [2.05, 4.69) is 10.2 Å². The first kappa shape index (κ1) is 15.2. The van der Waals surface area contributed by atoms with E-state index < -0.39 is 0 Å². The average Bonchev–Trinajstić information content (AvgIpc) is 2.45. The number of hydrogen-bond donors (Lipinski definition) is 2. The SMILES string of the molecule is CC1CCCc2c(Oc3c(Cl)cc(N)cc3Cl)n[nH]c(=O)c21. The van der Waals surface area contributed by atoms with Crippen molar-refractivity contribution in [1.82, 2.24) is 10.2 Å². The van der Waals surface area contributed by atoms with Crippen LogP contribution in [0.2, 0.25) is 10.0 Å². The molecular formula is C15H15Cl2N3O2. The molecule has 2 aromatic rings. The van der Waals surface area contributed by atoms with Crippen molar-refractivity contribution in [1.29, 1.82) is 0 Å². The number of H-pyrrole nitrogens is 1. The summed E-state index contributed by atoms with van der Waals surface area (Å²) in [6, 6.07) is 3.12. The number of rotatable bonds is 2. The Bertz CT molecular complexity index is 766. The zero-order valence-corrected chi connectivity index (χ0v) is 13.5. The monoisotopic (exact) mass is 339 g/mol. The second-order valence-electron chi connectivity index (χ2n) is 5.46. The van der Waals surface area contributed by atoms with Gasteiger partial charge in [0.15, 0.2) is 5.75 Å². The zero-order valence-electron chi connectivity index (χ0n) is 12.0. The standard InChI is InChI=1S/C15H15Cl2N3O2/c1-7-3-2-4-9-12(7)14(21)19-20-15(9)22-13-10(16)5-8(18)6-11(13)17/h5-7H,2-4,18H2,1H3,(H,19,21). The van der Waals surface area contributed by atoms with Crippen molar-refractivity contribution in [2.45, 2.75) is 32.1 Å². The Morgan fingerprint density at radius 3 is 2.73 bits per heavy atom. The highest BCUT2D eigenvalue weighted by molar-refractivity contribution is 6.37. The molecule has 1 aliphatic carbocycles. The molecule has 0 aliphatic heterocycles. The molecule has 22 heavy (non-hydrogen) atoms. The first-order chi connectivity index (χ1) is 10.5. The van der Waals surface area contributed by atoms with Crippen molar-refractivity contribution in [3.8, 4) is 11.6 Å². The van der Waals surface area contributed by atoms with Gasteiger partial charge in [0.2, 0.25) is 5.88 Å². The summed E-state index contributed by atoms with van der Waals surface area (Å²) in [5, 5.41) is 7.11. The fourth-order valence-corrected chi connectivity index (χ4v) is 3.41. The molecule has 1 unspecified atom stereocenters. The Morgan fingerprint density at radius 1 is 1.36 bits per heavy atom. The number of halogens is 2. The van der Waals surface area contributed by atoms with Crippen LogP contribution in [0.15, 0.2) is 16.9 Å². The number of anilines is 1. The van der Waals surface area contributed by atoms with Gasteiger partial charge in [-0.05, 0) is 37.3 Å². The first-order valence-electron chi connectivity index (χ1n) is 7.01. The second-order valence-corrected chi connectivity index (χ2v) is 6.27. The van der Waals surface area contributed by atoms with Gasteiger partial charge < -0.3 is 10.5 Å². The molecule has 0 saturated heterocycles. The van der Waals surface area contributed by atoms with Gasteiger partial charge in [0.05, 0.1) is 10.0 Å². The van der Waals surface area contributed by atoms with Crippen LogP contribution in [0, 0.1) is 0 Å². The molecule has 0 fully saturated rings. The molecule has 0 saturated carbocycles. The number of fused-ring (bicyclic) bond motifs is 1. The third-order valence-corrected chi connectivity index (χ3v) is 4.42. The lowest BCUT2D eigenvalue weighted by Gasteiger charge is -2.22. The van der Waals surface area contributed by atoms with Gasteiger partial charge in [-0.1, -0.05) is 30.1 Å². The summed E-state index contributed by atoms with van der Waals surface area (Å²) in [7, 11) is 0. The summed E-state index contributed by atoms with van der Waals surface area (Å²) < 4.78 is 5.80. The minimum Gasteiger partial charge on any atom is -0.434 e. The smallest absolute Gasteiger partial charge is 0.268 e. The van der Waals surface area contributed by atoms with Gasteiger partial charge in [-0.15, -0.1) is 5.10 Å². The van der Waals surface area contributed by atoms with Gasteiger partial charge in [-0.3, -0.25) is 4.79 Å². The summed E-state index contributed by atoms with van der Waals surface area (Å²) in [5.41, 5.74) is 7.53. The van der Waals surface area contributed by atoms with E-state index in [-0.39, 0.29) is 17.2 Å². The molecule has 0 amide bonds. The molecular weight excluding hydrogens is 325 g/mol. The predicted octanol–water partition coefficient (Wildman–Crippen LogP) is 3.89. The molecule has 1 aromatic carbocycles. The first-order valence-corrected chi connectivity index (χ1v) is 7.76. The summed E-state index contributed by atoms with van der Waals surface area (Å²) in [5.74, 6) is 0.808. The molecule has 0 radical (unpaired) electrons. The Hall–Kier alpha value is -1.72. The van der Waals surface area contributed by atoms with Crippen LogP contribution >= 0.6 is 23.2 Å². The lowest BCUT2D eigenvalue weighted by atomic mass is 9.85. The fourth-order valence-electron chi connectivity index (χ4n) is 2.83. The number of nitrogen functional groups attached to an aromatic ring is 1. The number of nitrogens with one attached hydrogen (secondary N) is 1. The van der Waals surface area contributed by atoms with Gasteiger partial charge in [0, 0.05) is 16.8 Å². The van der Waals surface area contributed by atoms with E-state index >= 15 is 0 Å². The summed E-state index contributed by atoms with van der Waals surface area (Å²) >= 11 is 12.3. The number of nitrogens with zero attached hydrogens (tertiary/aromatic N) is 1. The third kappa shape index (κ3) is 2.66. The summed E-state index contributed by atoms with van der Waals surface area (Å²) in [6.45, 7) is 2.03. The van der Waals surface area contributed by atoms with E-state index in [1.165, 1.54) is 0 Å². The largest absolute Gasteiger partial charge is 0.434 e. The van der Waals surface area contributed by atoms with E-state index in [9.17, 15) is 4.79 Å². The van der Waals surface area contributed by atoms with Crippen LogP contribution in [0.4, 0.5) is 5.69 Å². The minimum absolute atomic E-state index is 0.163. The molecule has 3 N–H and O–H groups in total. The maximum absolute atomic E-state index is 12.0. The Kier molecular flexibility index (Phi) is 4.02. The van der Waals surface area contributed by atoms with Crippen molar-refractivity contribution in [3.05, 3.63) is 43.7 Å². The maximum Gasteiger partial charge on any atom is 0.268 e. The highest BCUT2D eigenvalue weighted by Crippen LogP contribution is 2.40. The zero-order chi connectivity index (χ0) is 15.9. The number of benzene rings is 1. The van der Waals surface area contributed by atoms with Crippen molar-refractivity contribution < 1.29 is 4.74 Å². The van der Waals surface area contributed by atoms with Gasteiger partial charge in [0.25, 0.3) is 5.56 Å². The topological polar surface area (TPSA) is 81.0 Å². The molecule has 3 rings (SSSR count). The van der Waals surface area contributed by atoms with Crippen molar-refractivity contribution in [2.75, 3.05) is 5.73 Å². The maximum atomic E-state index is 12.0. The Balaban J connectivity index is 2.08. The van der Waals surface area contributed by atoms with Gasteiger partial charge in [-0.25, -0.2) is 5.10 Å². The normalized spacial score (nSPS) is 17.1. The van der Waals surface area contributed by atoms with Crippen LogP contribution in [-0.2, 0) is 6.42 Å². The number of nitrogens with two attached hydrogens (primary N) is 1. The van der Waals surface area contributed by atoms with Crippen LogP contribution in [0.25, 0.3) is 0 Å². The second kappa shape index (κ2) is 5.82. The van der Waals surface area contributed by atoms with Gasteiger partial charge in [-0.2, -0.15) is 0 Å². The quantitative estimate of drug-likeness (QED) is 0.813. The van der Waals surface area contributed by atoms with Crippen LogP contribution in [0.5, 0.6) is 11.6 Å². The molecule has 0 spiro atoms. The van der Waals surface area contributed by atoms with Crippen LogP contribution < -0.4 is 16.0 Å². The summed E-state index contributed by atoms with van der Waals surface area (Å²) in [4.78, 5) is 12.0. The fraction of sp³-hybridized carbons (Fsp3) is 0.333. The van der Waals surface area contributed by atoms with E-state index in [1.54, 1.807) is 12.1 Å². The van der Waals surface area contributed by atoms with Gasteiger partial charge in [0.1, 0.15) is 0 Å². The molecule has 116 valence electrons. The highest BCUT2D eigenvalue weighted by atomic mass is 35.5. The lowest BCUT2D eigenvalue weighted by Crippen LogP contribution is -2.23. The number of aromatic amines is 1. The van der Waals surface area contributed by atoms with Crippen LogP contribution in [0.1, 0.15) is 36.8 Å². The minimum atomic E-state index is -0.163. The van der Waals surface area contributed by atoms with E-state index in [0.29, 0.717) is 21.6 Å². The molecule has 5 nitrogen and oxygen atoms in total. The molecule has 1 aliphatic rings.